The lowest BCUT2D eigenvalue weighted by Gasteiger charge is -2.32. The summed E-state index contributed by atoms with van der Waals surface area (Å²) >= 11 is 1.61. The number of fused-ring (bicyclic) bond motifs is 5. The standard InChI is InChI=1S/C23H24N4O2S/c1-23(2)11-15-16-18-20(21(26-13-25-18)24-9-6-10-28)30-22(16)27-17(19(15)29-12-23)14-7-4-3-5-8-14/h3-5,7-8,13,28H,6,9-12H2,1-2H3,(H,24,25,26). The average Bonchev–Trinajstić information content (AvgIpc) is 3.13. The van der Waals surface area contributed by atoms with E-state index in [1.165, 1.54) is 5.56 Å². The number of aliphatic hydroxyl groups excluding tert-OH is 1. The highest BCUT2D eigenvalue weighted by Gasteiger charge is 2.32. The largest absolute Gasteiger partial charge is 0.490 e. The minimum Gasteiger partial charge on any atom is -0.490 e. The zero-order chi connectivity index (χ0) is 20.7. The SMILES string of the molecule is CC1(C)COc2c(-c3ccccc3)nc3sc4c(NCCCO)ncnc4c3c2C1. The van der Waals surface area contributed by atoms with E-state index in [0.717, 1.165) is 49.7 Å². The van der Waals surface area contributed by atoms with Crippen molar-refractivity contribution in [3.8, 4) is 17.0 Å². The van der Waals surface area contributed by atoms with Gasteiger partial charge >= 0.3 is 0 Å². The van der Waals surface area contributed by atoms with E-state index >= 15 is 0 Å². The molecule has 0 fully saturated rings. The van der Waals surface area contributed by atoms with Crippen LogP contribution in [0.3, 0.4) is 0 Å². The number of hydrogen-bond acceptors (Lipinski definition) is 7. The first-order valence-corrected chi connectivity index (χ1v) is 11.0. The van der Waals surface area contributed by atoms with Crippen LogP contribution in [0.15, 0.2) is 36.7 Å². The normalized spacial score (nSPS) is 15.2. The number of ether oxygens (including phenoxy) is 1. The number of hydrogen-bond donors (Lipinski definition) is 2. The number of aliphatic hydroxyl groups is 1. The molecule has 0 radical (unpaired) electrons. The van der Waals surface area contributed by atoms with E-state index in [9.17, 15) is 0 Å². The van der Waals surface area contributed by atoms with Crippen LogP contribution in [0.25, 0.3) is 31.7 Å². The monoisotopic (exact) mass is 420 g/mol. The number of anilines is 1. The van der Waals surface area contributed by atoms with Crippen molar-refractivity contribution >= 4 is 37.6 Å². The Bertz CT molecular complexity index is 1220. The van der Waals surface area contributed by atoms with Crippen LogP contribution in [-0.4, -0.2) is 39.8 Å². The van der Waals surface area contributed by atoms with Gasteiger partial charge in [-0.2, -0.15) is 0 Å². The Morgan fingerprint density at radius 2 is 2.03 bits per heavy atom. The van der Waals surface area contributed by atoms with Crippen molar-refractivity contribution in [2.24, 2.45) is 5.41 Å². The van der Waals surface area contributed by atoms with E-state index in [0.29, 0.717) is 19.6 Å². The van der Waals surface area contributed by atoms with Gasteiger partial charge in [0.15, 0.2) is 0 Å². The molecule has 5 rings (SSSR count). The molecule has 154 valence electrons. The lowest BCUT2D eigenvalue weighted by atomic mass is 9.83. The predicted molar refractivity (Wildman–Crippen MR) is 121 cm³/mol. The summed E-state index contributed by atoms with van der Waals surface area (Å²) < 4.78 is 7.31. The summed E-state index contributed by atoms with van der Waals surface area (Å²) in [7, 11) is 0. The Balaban J connectivity index is 1.77. The highest BCUT2D eigenvalue weighted by Crippen LogP contribution is 2.47. The lowest BCUT2D eigenvalue weighted by molar-refractivity contribution is 0.156. The molecule has 0 amide bonds. The van der Waals surface area contributed by atoms with Gasteiger partial charge in [-0.05, 0) is 12.8 Å². The number of nitrogens with zero attached hydrogens (tertiary/aromatic N) is 3. The summed E-state index contributed by atoms with van der Waals surface area (Å²) in [6.45, 7) is 5.94. The highest BCUT2D eigenvalue weighted by atomic mass is 32.1. The van der Waals surface area contributed by atoms with Crippen molar-refractivity contribution in [2.45, 2.75) is 26.7 Å². The maximum atomic E-state index is 9.10. The fourth-order valence-electron chi connectivity index (χ4n) is 3.98. The molecule has 6 nitrogen and oxygen atoms in total. The number of thiophene rings is 1. The minimum atomic E-state index is 0.0404. The first-order chi connectivity index (χ1) is 14.6. The third-order valence-corrected chi connectivity index (χ3v) is 6.47. The van der Waals surface area contributed by atoms with Gasteiger partial charge in [-0.25, -0.2) is 15.0 Å². The van der Waals surface area contributed by atoms with Gasteiger partial charge in [-0.15, -0.1) is 11.3 Å². The molecule has 0 atom stereocenters. The van der Waals surface area contributed by atoms with Gasteiger partial charge < -0.3 is 15.2 Å². The first kappa shape index (κ1) is 19.2. The van der Waals surface area contributed by atoms with Crippen LogP contribution in [0.5, 0.6) is 5.75 Å². The summed E-state index contributed by atoms with van der Waals surface area (Å²) in [5.41, 5.74) is 4.09. The van der Waals surface area contributed by atoms with E-state index in [-0.39, 0.29) is 12.0 Å². The van der Waals surface area contributed by atoms with Gasteiger partial charge in [-0.3, -0.25) is 0 Å². The molecule has 4 heterocycles. The second-order valence-electron chi connectivity index (χ2n) is 8.45. The lowest BCUT2D eigenvalue weighted by Crippen LogP contribution is -2.29. The van der Waals surface area contributed by atoms with Gasteiger partial charge in [-0.1, -0.05) is 44.2 Å². The van der Waals surface area contributed by atoms with Crippen LogP contribution in [0.2, 0.25) is 0 Å². The second-order valence-corrected chi connectivity index (χ2v) is 9.45. The Hall–Kier alpha value is -2.77. The van der Waals surface area contributed by atoms with E-state index < -0.39 is 0 Å². The topological polar surface area (TPSA) is 80.2 Å². The summed E-state index contributed by atoms with van der Waals surface area (Å²) in [5, 5.41) is 13.5. The van der Waals surface area contributed by atoms with Crippen molar-refractivity contribution in [3.05, 3.63) is 42.2 Å². The molecular weight excluding hydrogens is 396 g/mol. The molecule has 3 aromatic heterocycles. The molecule has 0 aliphatic carbocycles. The fraction of sp³-hybridized carbons (Fsp3) is 0.348. The average molecular weight is 421 g/mol. The molecule has 4 aromatic rings. The van der Waals surface area contributed by atoms with Crippen LogP contribution >= 0.6 is 11.3 Å². The predicted octanol–water partition coefficient (Wildman–Crippen LogP) is 4.66. The maximum absolute atomic E-state index is 9.10. The number of nitrogens with one attached hydrogen (secondary N) is 1. The van der Waals surface area contributed by atoms with Crippen molar-refractivity contribution < 1.29 is 9.84 Å². The smallest absolute Gasteiger partial charge is 0.149 e. The molecule has 1 aromatic carbocycles. The number of rotatable bonds is 5. The van der Waals surface area contributed by atoms with Gasteiger partial charge in [0.05, 0.1) is 16.8 Å². The summed E-state index contributed by atoms with van der Waals surface area (Å²) in [4.78, 5) is 15.1. The van der Waals surface area contributed by atoms with Crippen LogP contribution in [0, 0.1) is 5.41 Å². The van der Waals surface area contributed by atoms with Crippen LogP contribution in [0.1, 0.15) is 25.8 Å². The summed E-state index contributed by atoms with van der Waals surface area (Å²) in [5.74, 6) is 1.67. The van der Waals surface area contributed by atoms with E-state index in [4.69, 9.17) is 14.8 Å². The zero-order valence-electron chi connectivity index (χ0n) is 17.1. The minimum absolute atomic E-state index is 0.0404. The van der Waals surface area contributed by atoms with Crippen molar-refractivity contribution in [1.82, 2.24) is 15.0 Å². The molecule has 0 saturated heterocycles. The maximum Gasteiger partial charge on any atom is 0.149 e. The van der Waals surface area contributed by atoms with Gasteiger partial charge in [0.2, 0.25) is 0 Å². The molecule has 0 bridgehead atoms. The molecule has 1 aliphatic rings. The summed E-state index contributed by atoms with van der Waals surface area (Å²) in [6.07, 6.45) is 3.18. The van der Waals surface area contributed by atoms with Crippen LogP contribution in [-0.2, 0) is 6.42 Å². The molecule has 30 heavy (non-hydrogen) atoms. The highest BCUT2D eigenvalue weighted by molar-refractivity contribution is 7.26. The number of pyridine rings is 1. The molecule has 1 aliphatic heterocycles. The fourth-order valence-corrected chi connectivity index (χ4v) is 5.11. The third-order valence-electron chi connectivity index (χ3n) is 5.39. The Kier molecular flexibility index (Phi) is 4.79. The quantitative estimate of drug-likeness (QED) is 0.457. The van der Waals surface area contributed by atoms with Gasteiger partial charge in [0, 0.05) is 35.1 Å². The van der Waals surface area contributed by atoms with Gasteiger partial charge in [0.1, 0.15) is 28.4 Å². The molecular formula is C23H24N4O2S. The summed E-state index contributed by atoms with van der Waals surface area (Å²) in [6, 6.07) is 10.2. The molecule has 2 N–H and O–H groups in total. The number of benzene rings is 1. The third kappa shape index (κ3) is 3.28. The van der Waals surface area contributed by atoms with Crippen molar-refractivity contribution in [3.63, 3.8) is 0 Å². The Morgan fingerprint density at radius 1 is 1.20 bits per heavy atom. The molecule has 7 heteroatoms. The van der Waals surface area contributed by atoms with Crippen molar-refractivity contribution in [2.75, 3.05) is 25.1 Å². The van der Waals surface area contributed by atoms with Crippen LogP contribution in [0.4, 0.5) is 5.82 Å². The molecule has 0 spiro atoms. The van der Waals surface area contributed by atoms with E-state index in [1.54, 1.807) is 17.7 Å². The Morgan fingerprint density at radius 3 is 2.83 bits per heavy atom. The Labute approximate surface area is 179 Å². The molecule has 0 saturated carbocycles. The van der Waals surface area contributed by atoms with Crippen LogP contribution < -0.4 is 10.1 Å². The second kappa shape index (κ2) is 7.49. The van der Waals surface area contributed by atoms with E-state index in [2.05, 4.69) is 41.3 Å². The molecule has 0 unspecified atom stereocenters. The first-order valence-electron chi connectivity index (χ1n) is 10.2. The van der Waals surface area contributed by atoms with Crippen molar-refractivity contribution in [1.29, 1.82) is 0 Å². The zero-order valence-corrected chi connectivity index (χ0v) is 17.9. The number of aromatic nitrogens is 3. The van der Waals surface area contributed by atoms with Gasteiger partial charge in [0.25, 0.3) is 0 Å². The van der Waals surface area contributed by atoms with E-state index in [1.807, 2.05) is 18.2 Å².